The summed E-state index contributed by atoms with van der Waals surface area (Å²) in [5.74, 6) is -0.172. The maximum Gasteiger partial charge on any atom is 0.330 e. The van der Waals surface area contributed by atoms with Crippen LogP contribution in [0.15, 0.2) is 30.5 Å². The van der Waals surface area contributed by atoms with Gasteiger partial charge in [-0.25, -0.2) is 9.78 Å². The van der Waals surface area contributed by atoms with Crippen LogP contribution in [0.25, 0.3) is 0 Å². The van der Waals surface area contributed by atoms with E-state index in [1.54, 1.807) is 35.9 Å². The molecule has 0 saturated carbocycles. The maximum absolute atomic E-state index is 13.4. The first-order valence-electron chi connectivity index (χ1n) is 9.98. The second-order valence-electron chi connectivity index (χ2n) is 7.96. The molecule has 0 spiro atoms. The number of halogens is 1. The van der Waals surface area contributed by atoms with E-state index in [0.29, 0.717) is 48.6 Å². The number of rotatable bonds is 8. The summed E-state index contributed by atoms with van der Waals surface area (Å²) in [4.78, 5) is 25.6. The highest BCUT2D eigenvalue weighted by molar-refractivity contribution is 6.34. The fraction of sp³-hybridized carbons (Fsp3) is 0.476. The summed E-state index contributed by atoms with van der Waals surface area (Å²) in [6.07, 6.45) is 2.27. The van der Waals surface area contributed by atoms with Crippen molar-refractivity contribution in [2.45, 2.75) is 52.5 Å². The number of urea groups is 1. The Morgan fingerprint density at radius 1 is 1.33 bits per heavy atom. The molecule has 0 aliphatic carbocycles. The van der Waals surface area contributed by atoms with E-state index in [1.165, 1.54) is 0 Å². The number of ether oxygens (including phenoxy) is 1. The van der Waals surface area contributed by atoms with Gasteiger partial charge in [-0.2, -0.15) is 4.98 Å². The molecule has 0 fully saturated rings. The van der Waals surface area contributed by atoms with Crippen LogP contribution in [0, 0.1) is 0 Å². The quantitative estimate of drug-likeness (QED) is 0.482. The van der Waals surface area contributed by atoms with Crippen molar-refractivity contribution in [2.24, 2.45) is 0 Å². The second-order valence-corrected chi connectivity index (χ2v) is 8.37. The number of anilines is 3. The highest BCUT2D eigenvalue weighted by Gasteiger charge is 2.33. The molecule has 0 radical (unpaired) electrons. The Bertz CT molecular complexity index is 900. The Morgan fingerprint density at radius 3 is 2.73 bits per heavy atom. The minimum Gasteiger partial charge on any atom is -0.366 e. The van der Waals surface area contributed by atoms with Crippen LogP contribution in [0.3, 0.4) is 0 Å². The third-order valence-electron chi connectivity index (χ3n) is 4.43. The van der Waals surface area contributed by atoms with Crippen molar-refractivity contribution in [2.75, 3.05) is 28.3 Å². The van der Waals surface area contributed by atoms with Gasteiger partial charge in [-0.15, -0.1) is 0 Å². The molecule has 1 aliphatic heterocycles. The summed E-state index contributed by atoms with van der Waals surface area (Å²) in [6, 6.07) is 7.19. The van der Waals surface area contributed by atoms with Crippen LogP contribution < -0.4 is 15.1 Å². The molecule has 0 bridgehead atoms. The van der Waals surface area contributed by atoms with Crippen molar-refractivity contribution in [3.05, 3.63) is 41.0 Å². The van der Waals surface area contributed by atoms with Crippen molar-refractivity contribution in [1.82, 2.24) is 9.97 Å². The Kier molecular flexibility index (Phi) is 6.80. The molecule has 0 unspecified atom stereocenters. The minimum atomic E-state index is -1.22. The summed E-state index contributed by atoms with van der Waals surface area (Å²) in [7, 11) is 0. The molecule has 2 aromatic rings. The van der Waals surface area contributed by atoms with Gasteiger partial charge in [0, 0.05) is 24.3 Å². The van der Waals surface area contributed by atoms with E-state index in [4.69, 9.17) is 16.3 Å². The molecule has 3 rings (SSSR count). The molecule has 0 saturated heterocycles. The van der Waals surface area contributed by atoms with Crippen LogP contribution in [-0.4, -0.2) is 46.1 Å². The number of aliphatic hydroxyl groups is 1. The van der Waals surface area contributed by atoms with Gasteiger partial charge in [-0.05, 0) is 46.2 Å². The molecule has 1 aromatic heterocycles. The lowest BCUT2D eigenvalue weighted by Crippen LogP contribution is -2.48. The first kappa shape index (κ1) is 22.3. The molecule has 1 aromatic carbocycles. The topological polar surface area (TPSA) is 90.8 Å². The van der Waals surface area contributed by atoms with Crippen LogP contribution in [0.5, 0.6) is 0 Å². The lowest BCUT2D eigenvalue weighted by molar-refractivity contribution is -0.175. The number of para-hydroxylation sites is 1. The van der Waals surface area contributed by atoms with Gasteiger partial charge >= 0.3 is 6.03 Å². The third kappa shape index (κ3) is 5.38. The average molecular weight is 434 g/mol. The van der Waals surface area contributed by atoms with Gasteiger partial charge in [0.2, 0.25) is 5.95 Å². The predicted octanol–water partition coefficient (Wildman–Crippen LogP) is 4.03. The summed E-state index contributed by atoms with van der Waals surface area (Å²) >= 11 is 6.36. The zero-order valence-corrected chi connectivity index (χ0v) is 18.5. The van der Waals surface area contributed by atoms with E-state index >= 15 is 0 Å². The normalized spacial score (nSPS) is 14.3. The summed E-state index contributed by atoms with van der Waals surface area (Å²) in [5, 5.41) is 13.4. The first-order chi connectivity index (χ1) is 14.2. The largest absolute Gasteiger partial charge is 0.366 e. The Labute approximate surface area is 181 Å². The number of benzene rings is 1. The van der Waals surface area contributed by atoms with Crippen LogP contribution in [0.4, 0.5) is 22.2 Å². The van der Waals surface area contributed by atoms with Crippen LogP contribution in [0.1, 0.15) is 39.7 Å². The number of carbonyl (C=O) groups is 1. The first-order valence-corrected chi connectivity index (χ1v) is 10.4. The number of hydrogen-bond acceptors (Lipinski definition) is 6. The highest BCUT2D eigenvalue weighted by Crippen LogP contribution is 2.34. The summed E-state index contributed by atoms with van der Waals surface area (Å²) < 4.78 is 5.39. The van der Waals surface area contributed by atoms with Crippen LogP contribution in [0.2, 0.25) is 5.02 Å². The number of nitrogens with one attached hydrogen (secondary N) is 1. The monoisotopic (exact) mass is 433 g/mol. The van der Waals surface area contributed by atoms with E-state index in [-0.39, 0.29) is 12.1 Å². The molecule has 162 valence electrons. The van der Waals surface area contributed by atoms with Crippen LogP contribution >= 0.6 is 11.6 Å². The molecule has 2 heterocycles. The molecule has 9 heteroatoms. The van der Waals surface area contributed by atoms with Gasteiger partial charge in [0.15, 0.2) is 5.79 Å². The second kappa shape index (κ2) is 9.16. The third-order valence-corrected chi connectivity index (χ3v) is 4.75. The number of carbonyl (C=O) groups excluding carboxylic acids is 1. The number of nitrogens with zero attached hydrogens (tertiary/aromatic N) is 4. The SMILES string of the molecule is CC(C)Nc1ncc2c(n1)N(CCCOC(C)(C)O)C(=O)N(c1ccccc1Cl)C2. The Balaban J connectivity index is 1.90. The Hall–Kier alpha value is -2.42. The van der Waals surface area contributed by atoms with Crippen LogP contribution in [-0.2, 0) is 11.3 Å². The van der Waals surface area contributed by atoms with E-state index in [9.17, 15) is 9.90 Å². The molecule has 0 atom stereocenters. The molecule has 2 amide bonds. The Morgan fingerprint density at radius 2 is 2.07 bits per heavy atom. The van der Waals surface area contributed by atoms with E-state index in [2.05, 4.69) is 15.3 Å². The van der Waals surface area contributed by atoms with E-state index in [0.717, 1.165) is 5.56 Å². The van der Waals surface area contributed by atoms with Gasteiger partial charge < -0.3 is 15.2 Å². The van der Waals surface area contributed by atoms with Gasteiger partial charge in [0.25, 0.3) is 0 Å². The number of amides is 2. The van der Waals surface area contributed by atoms with Gasteiger partial charge in [0.1, 0.15) is 5.82 Å². The highest BCUT2D eigenvalue weighted by atomic mass is 35.5. The van der Waals surface area contributed by atoms with Crippen molar-refractivity contribution in [1.29, 1.82) is 0 Å². The predicted molar refractivity (Wildman–Crippen MR) is 118 cm³/mol. The van der Waals surface area contributed by atoms with Crippen molar-refractivity contribution >= 4 is 35.1 Å². The van der Waals surface area contributed by atoms with Gasteiger partial charge in [-0.1, -0.05) is 23.7 Å². The fourth-order valence-electron chi connectivity index (χ4n) is 3.15. The maximum atomic E-state index is 13.4. The van der Waals surface area contributed by atoms with Crippen molar-refractivity contribution in [3.8, 4) is 0 Å². The molecule has 8 nitrogen and oxygen atoms in total. The lowest BCUT2D eigenvalue weighted by atomic mass is 10.2. The van der Waals surface area contributed by atoms with Crippen molar-refractivity contribution < 1.29 is 14.6 Å². The lowest BCUT2D eigenvalue weighted by Gasteiger charge is -2.36. The molecular weight excluding hydrogens is 406 g/mol. The zero-order valence-electron chi connectivity index (χ0n) is 17.7. The number of fused-ring (bicyclic) bond motifs is 1. The minimum absolute atomic E-state index is 0.163. The summed E-state index contributed by atoms with van der Waals surface area (Å²) in [6.45, 7) is 8.15. The summed E-state index contributed by atoms with van der Waals surface area (Å²) in [5.41, 5.74) is 1.46. The molecular formula is C21H28ClN5O3. The average Bonchev–Trinajstić information content (AvgIpc) is 2.66. The van der Waals surface area contributed by atoms with E-state index in [1.807, 2.05) is 32.0 Å². The van der Waals surface area contributed by atoms with Gasteiger partial charge in [-0.3, -0.25) is 9.80 Å². The molecule has 2 N–H and O–H groups in total. The fourth-order valence-corrected chi connectivity index (χ4v) is 3.39. The zero-order chi connectivity index (χ0) is 21.9. The molecule has 1 aliphatic rings. The standard InChI is InChI=1S/C21H28ClN5O3/c1-14(2)24-19-23-12-15-13-27(17-9-6-5-8-16(17)22)20(28)26(18(15)25-19)10-7-11-30-21(3,4)29/h5-6,8-9,12,14,29H,7,10-11,13H2,1-4H3,(H,23,24,25). The number of aromatic nitrogens is 2. The van der Waals surface area contributed by atoms with Crippen molar-refractivity contribution in [3.63, 3.8) is 0 Å². The molecule has 30 heavy (non-hydrogen) atoms. The smallest absolute Gasteiger partial charge is 0.330 e. The van der Waals surface area contributed by atoms with E-state index < -0.39 is 5.79 Å². The number of hydrogen-bond donors (Lipinski definition) is 2. The van der Waals surface area contributed by atoms with Gasteiger partial charge in [0.05, 0.1) is 23.9 Å².